The molecule has 14 aromatic rings. The van der Waals surface area contributed by atoms with Crippen molar-refractivity contribution in [3.05, 3.63) is 231 Å². The first-order valence-corrected chi connectivity index (χ1v) is 22.5. The number of hydrogen-bond donors (Lipinski definition) is 0. The quantitative estimate of drug-likeness (QED) is 0.158. The number of fused-ring (bicyclic) bond motifs is 6. The zero-order valence-corrected chi connectivity index (χ0v) is 35.3. The number of benzene rings is 13. The van der Waals surface area contributed by atoms with E-state index in [0.717, 1.165) is 33.1 Å². The fourth-order valence-electron chi connectivity index (χ4n) is 11.1. The highest BCUT2D eigenvalue weighted by Crippen LogP contribution is 2.50. The van der Waals surface area contributed by atoms with Crippen molar-refractivity contribution in [3.63, 3.8) is 0 Å². The number of para-hydroxylation sites is 2. The van der Waals surface area contributed by atoms with Crippen LogP contribution in [0.5, 0.6) is 0 Å². The van der Waals surface area contributed by atoms with Gasteiger partial charge in [0.2, 0.25) is 0 Å². The summed E-state index contributed by atoms with van der Waals surface area (Å²) < 4.78 is 6.51. The molecule has 14 rings (SSSR count). The van der Waals surface area contributed by atoms with Crippen molar-refractivity contribution >= 4 is 86.6 Å². The van der Waals surface area contributed by atoms with Crippen molar-refractivity contribution in [2.75, 3.05) is 0 Å². The molecule has 0 amide bonds. The molecule has 13 aromatic carbocycles. The summed E-state index contributed by atoms with van der Waals surface area (Å²) >= 11 is 0. The molecule has 300 valence electrons. The minimum atomic E-state index is 0.911. The molecule has 1 heterocycles. The van der Waals surface area contributed by atoms with Gasteiger partial charge in [0.05, 0.1) is 0 Å². The topological polar surface area (TPSA) is 13.1 Å². The largest absolute Gasteiger partial charge is 0.455 e. The third-order valence-electron chi connectivity index (χ3n) is 14.0. The molecule has 0 radical (unpaired) electrons. The second kappa shape index (κ2) is 14.0. The van der Waals surface area contributed by atoms with E-state index in [1.165, 1.54) is 109 Å². The summed E-state index contributed by atoms with van der Waals surface area (Å²) in [5.41, 5.74) is 13.9. The van der Waals surface area contributed by atoms with Crippen LogP contribution in [0.25, 0.3) is 142 Å². The van der Waals surface area contributed by atoms with Crippen LogP contribution in [0.15, 0.2) is 235 Å². The Morgan fingerprint density at radius 2 is 0.569 bits per heavy atom. The highest BCUT2D eigenvalue weighted by atomic mass is 16.3. The molecule has 0 spiro atoms. The first-order chi connectivity index (χ1) is 32.2. The predicted octanol–water partition coefficient (Wildman–Crippen LogP) is 18.3. The Labute approximate surface area is 375 Å². The smallest absolute Gasteiger partial charge is 0.143 e. The second-order valence-corrected chi connectivity index (χ2v) is 17.5. The zero-order valence-electron chi connectivity index (χ0n) is 35.3. The second-order valence-electron chi connectivity index (χ2n) is 17.5. The van der Waals surface area contributed by atoms with Gasteiger partial charge in [-0.3, -0.25) is 0 Å². The van der Waals surface area contributed by atoms with Gasteiger partial charge in [-0.1, -0.05) is 212 Å². The minimum Gasteiger partial charge on any atom is -0.455 e. The molecule has 65 heavy (non-hydrogen) atoms. The van der Waals surface area contributed by atoms with Gasteiger partial charge in [-0.2, -0.15) is 0 Å². The SMILES string of the molecule is c1ccc2c(-c3cc(-c4ccc(-c5cccc6c5oc5ccccc56)cc4)c4ccc5c(-c6cccc7ccccc67)cc(-c6cccc7ccccc67)c6ccc3c4c56)cccc2c1. The van der Waals surface area contributed by atoms with Gasteiger partial charge in [0, 0.05) is 16.3 Å². The summed E-state index contributed by atoms with van der Waals surface area (Å²) in [7, 11) is 0. The summed E-state index contributed by atoms with van der Waals surface area (Å²) in [6.07, 6.45) is 0. The van der Waals surface area contributed by atoms with E-state index in [1.54, 1.807) is 0 Å². The highest BCUT2D eigenvalue weighted by molar-refractivity contribution is 6.33. The number of hydrogen-bond acceptors (Lipinski definition) is 1. The maximum atomic E-state index is 6.51. The summed E-state index contributed by atoms with van der Waals surface area (Å²) in [6.45, 7) is 0. The van der Waals surface area contributed by atoms with E-state index >= 15 is 0 Å². The normalized spacial score (nSPS) is 12.0. The maximum Gasteiger partial charge on any atom is 0.143 e. The van der Waals surface area contributed by atoms with E-state index in [-0.39, 0.29) is 0 Å². The van der Waals surface area contributed by atoms with Gasteiger partial charge < -0.3 is 4.42 Å². The van der Waals surface area contributed by atoms with Crippen LogP contribution in [0.3, 0.4) is 0 Å². The van der Waals surface area contributed by atoms with Gasteiger partial charge in [-0.25, -0.2) is 0 Å². The lowest BCUT2D eigenvalue weighted by molar-refractivity contribution is 0.670. The van der Waals surface area contributed by atoms with Crippen LogP contribution < -0.4 is 0 Å². The molecular formula is C64H38O. The molecule has 0 saturated heterocycles. The van der Waals surface area contributed by atoms with Crippen molar-refractivity contribution in [1.82, 2.24) is 0 Å². The van der Waals surface area contributed by atoms with Crippen molar-refractivity contribution in [3.8, 4) is 55.6 Å². The molecule has 0 atom stereocenters. The molecule has 0 aliphatic rings. The van der Waals surface area contributed by atoms with E-state index in [4.69, 9.17) is 4.42 Å². The van der Waals surface area contributed by atoms with E-state index in [9.17, 15) is 0 Å². The van der Waals surface area contributed by atoms with Crippen molar-refractivity contribution < 1.29 is 4.42 Å². The van der Waals surface area contributed by atoms with Crippen molar-refractivity contribution in [2.45, 2.75) is 0 Å². The highest BCUT2D eigenvalue weighted by Gasteiger charge is 2.23. The predicted molar refractivity (Wildman–Crippen MR) is 277 cm³/mol. The van der Waals surface area contributed by atoms with Crippen LogP contribution in [0.2, 0.25) is 0 Å². The first-order valence-electron chi connectivity index (χ1n) is 22.5. The first kappa shape index (κ1) is 36.0. The third-order valence-corrected chi connectivity index (χ3v) is 14.0. The van der Waals surface area contributed by atoms with E-state index in [2.05, 4.69) is 224 Å². The molecule has 0 bridgehead atoms. The number of rotatable bonds is 5. The average Bonchev–Trinajstić information content (AvgIpc) is 3.76. The van der Waals surface area contributed by atoms with Gasteiger partial charge in [-0.15, -0.1) is 0 Å². The lowest BCUT2D eigenvalue weighted by atomic mass is 9.80. The third kappa shape index (κ3) is 5.40. The van der Waals surface area contributed by atoms with E-state index in [1.807, 2.05) is 6.07 Å². The Kier molecular flexibility index (Phi) is 7.75. The van der Waals surface area contributed by atoms with Gasteiger partial charge in [-0.05, 0) is 133 Å². The molecule has 1 nitrogen and oxygen atoms in total. The average molecular weight is 823 g/mol. The van der Waals surface area contributed by atoms with Crippen molar-refractivity contribution in [1.29, 1.82) is 0 Å². The van der Waals surface area contributed by atoms with Crippen LogP contribution in [0.1, 0.15) is 0 Å². The molecule has 0 aliphatic carbocycles. The molecule has 1 heteroatoms. The Hall–Kier alpha value is -8.52. The minimum absolute atomic E-state index is 0.911. The Balaban J connectivity index is 1.09. The van der Waals surface area contributed by atoms with Crippen LogP contribution in [-0.2, 0) is 0 Å². The summed E-state index contributed by atoms with van der Waals surface area (Å²) in [4.78, 5) is 0. The monoisotopic (exact) mass is 822 g/mol. The van der Waals surface area contributed by atoms with Gasteiger partial charge in [0.1, 0.15) is 11.2 Å². The Morgan fingerprint density at radius 1 is 0.215 bits per heavy atom. The molecule has 1 aromatic heterocycles. The van der Waals surface area contributed by atoms with Crippen molar-refractivity contribution in [2.24, 2.45) is 0 Å². The molecule has 0 fully saturated rings. The van der Waals surface area contributed by atoms with E-state index in [0.29, 0.717) is 0 Å². The molecule has 0 N–H and O–H groups in total. The lowest BCUT2D eigenvalue weighted by Gasteiger charge is -2.22. The standard InChI is InChI=1S/C64H38O/c1-4-19-44-39(13-1)16-9-24-48(44)58-37-57(43-31-29-42(30-32-43)47-23-12-27-56-51-22-7-8-28-61(51)65-64(47)56)52-33-34-54-59(49-25-10-17-40-14-2-5-20-45(40)49)38-60(55-36-35-53(58)62(52)63(54)55)50-26-11-18-41-15-3-6-21-46(41)50/h1-38H. The van der Waals surface area contributed by atoms with Crippen LogP contribution in [0, 0.1) is 0 Å². The van der Waals surface area contributed by atoms with Crippen LogP contribution >= 0.6 is 0 Å². The summed E-state index contributed by atoms with van der Waals surface area (Å²) in [5, 5.41) is 17.4. The number of furan rings is 1. The maximum absolute atomic E-state index is 6.51. The molecular weight excluding hydrogens is 785 g/mol. The zero-order chi connectivity index (χ0) is 42.6. The summed E-state index contributed by atoms with van der Waals surface area (Å²) in [5.74, 6) is 0. The molecule has 0 unspecified atom stereocenters. The van der Waals surface area contributed by atoms with Gasteiger partial charge >= 0.3 is 0 Å². The fraction of sp³-hybridized carbons (Fsp3) is 0. The molecule has 0 saturated carbocycles. The Morgan fingerprint density at radius 3 is 1.08 bits per heavy atom. The lowest BCUT2D eigenvalue weighted by Crippen LogP contribution is -1.95. The fourth-order valence-corrected chi connectivity index (χ4v) is 11.1. The molecule has 0 aliphatic heterocycles. The Bertz CT molecular complexity index is 4110. The van der Waals surface area contributed by atoms with Crippen LogP contribution in [0.4, 0.5) is 0 Å². The van der Waals surface area contributed by atoms with Crippen LogP contribution in [-0.4, -0.2) is 0 Å². The van der Waals surface area contributed by atoms with E-state index < -0.39 is 0 Å². The van der Waals surface area contributed by atoms with Gasteiger partial charge in [0.25, 0.3) is 0 Å². The van der Waals surface area contributed by atoms with Gasteiger partial charge in [0.15, 0.2) is 0 Å². The summed E-state index contributed by atoms with van der Waals surface area (Å²) in [6, 6.07) is 85.1.